The Kier molecular flexibility index (Phi) is 4.81. The van der Waals surface area contributed by atoms with E-state index >= 15 is 0 Å². The van der Waals surface area contributed by atoms with Crippen molar-refractivity contribution in [2.45, 2.75) is 38.8 Å². The number of carbonyl (C=O) groups excluding carboxylic acids is 1. The number of likely N-dealkylation sites (tertiary alicyclic amines) is 1. The molecule has 0 aliphatic carbocycles. The van der Waals surface area contributed by atoms with Crippen LogP contribution >= 0.6 is 0 Å². The molecule has 4 heteroatoms. The summed E-state index contributed by atoms with van der Waals surface area (Å²) in [6.45, 7) is 3.20. The molecule has 0 atom stereocenters. The van der Waals surface area contributed by atoms with Crippen molar-refractivity contribution in [1.29, 1.82) is 0 Å². The number of amides is 1. The number of carbonyl (C=O) groups is 1. The van der Waals surface area contributed by atoms with Crippen LogP contribution in [-0.2, 0) is 17.9 Å². The van der Waals surface area contributed by atoms with E-state index < -0.39 is 0 Å². The Morgan fingerprint density at radius 3 is 2.67 bits per heavy atom. The predicted molar refractivity (Wildman–Crippen MR) is 72.2 cm³/mol. The van der Waals surface area contributed by atoms with Crippen LogP contribution < -0.4 is 5.32 Å². The van der Waals surface area contributed by atoms with Crippen molar-refractivity contribution < 1.29 is 4.79 Å². The van der Waals surface area contributed by atoms with E-state index in [0.717, 1.165) is 32.5 Å². The zero-order valence-electron chi connectivity index (χ0n) is 11.2. The number of hydrogen-bond acceptors (Lipinski definition) is 2. The SMILES string of the molecule is CNCc1ccn(CC(=O)N2CCCCCC2)c1. The molecule has 4 nitrogen and oxygen atoms in total. The highest BCUT2D eigenvalue weighted by Gasteiger charge is 2.15. The molecule has 0 bridgehead atoms. The van der Waals surface area contributed by atoms with Crippen LogP contribution in [0.4, 0.5) is 0 Å². The first-order valence-corrected chi connectivity index (χ1v) is 6.86. The number of nitrogens with one attached hydrogen (secondary N) is 1. The van der Waals surface area contributed by atoms with Gasteiger partial charge in [-0.25, -0.2) is 0 Å². The maximum atomic E-state index is 12.2. The topological polar surface area (TPSA) is 37.3 Å². The molecule has 1 aromatic heterocycles. The van der Waals surface area contributed by atoms with Crippen molar-refractivity contribution in [1.82, 2.24) is 14.8 Å². The van der Waals surface area contributed by atoms with E-state index in [1.807, 2.05) is 28.9 Å². The van der Waals surface area contributed by atoms with Gasteiger partial charge < -0.3 is 14.8 Å². The third-order valence-corrected chi connectivity index (χ3v) is 3.47. The summed E-state index contributed by atoms with van der Waals surface area (Å²) in [5.74, 6) is 0.253. The summed E-state index contributed by atoms with van der Waals surface area (Å²) in [5.41, 5.74) is 1.22. The van der Waals surface area contributed by atoms with E-state index in [1.165, 1.54) is 18.4 Å². The fourth-order valence-corrected chi connectivity index (χ4v) is 2.47. The van der Waals surface area contributed by atoms with Gasteiger partial charge in [0.15, 0.2) is 0 Å². The van der Waals surface area contributed by atoms with Crippen molar-refractivity contribution >= 4 is 5.91 Å². The monoisotopic (exact) mass is 249 g/mol. The first-order valence-electron chi connectivity index (χ1n) is 6.86. The minimum atomic E-state index is 0.253. The molecule has 1 aromatic rings. The van der Waals surface area contributed by atoms with Gasteiger partial charge in [0, 0.05) is 32.0 Å². The summed E-state index contributed by atoms with van der Waals surface area (Å²) in [6.07, 6.45) is 8.87. The fourth-order valence-electron chi connectivity index (χ4n) is 2.47. The quantitative estimate of drug-likeness (QED) is 0.880. The van der Waals surface area contributed by atoms with Gasteiger partial charge in [-0.2, -0.15) is 0 Å². The Labute approximate surface area is 109 Å². The summed E-state index contributed by atoms with van der Waals surface area (Å²) in [7, 11) is 1.93. The summed E-state index contributed by atoms with van der Waals surface area (Å²) in [5, 5.41) is 3.11. The molecule has 0 aromatic carbocycles. The fraction of sp³-hybridized carbons (Fsp3) is 0.643. The molecule has 1 amide bonds. The maximum Gasteiger partial charge on any atom is 0.242 e. The van der Waals surface area contributed by atoms with Crippen LogP contribution in [0.5, 0.6) is 0 Å². The van der Waals surface area contributed by atoms with Crippen molar-refractivity contribution in [3.63, 3.8) is 0 Å². The lowest BCUT2D eigenvalue weighted by molar-refractivity contribution is -0.131. The lowest BCUT2D eigenvalue weighted by atomic mass is 10.2. The third kappa shape index (κ3) is 3.60. The van der Waals surface area contributed by atoms with Crippen LogP contribution in [0.15, 0.2) is 18.5 Å². The van der Waals surface area contributed by atoms with Gasteiger partial charge in [-0.1, -0.05) is 12.8 Å². The molecule has 2 rings (SSSR count). The van der Waals surface area contributed by atoms with Crippen LogP contribution in [-0.4, -0.2) is 35.5 Å². The van der Waals surface area contributed by atoms with E-state index in [0.29, 0.717) is 6.54 Å². The standard InChI is InChI=1S/C14H23N3O/c1-15-10-13-6-9-16(11-13)12-14(18)17-7-4-2-3-5-8-17/h6,9,11,15H,2-5,7-8,10,12H2,1H3. The van der Waals surface area contributed by atoms with Crippen molar-refractivity contribution in [3.05, 3.63) is 24.0 Å². The van der Waals surface area contributed by atoms with Crippen LogP contribution in [0, 0.1) is 0 Å². The molecule has 1 aliphatic heterocycles. The maximum absolute atomic E-state index is 12.2. The minimum Gasteiger partial charge on any atom is -0.345 e. The average molecular weight is 249 g/mol. The van der Waals surface area contributed by atoms with Gasteiger partial charge >= 0.3 is 0 Å². The van der Waals surface area contributed by atoms with Gasteiger partial charge in [-0.3, -0.25) is 4.79 Å². The molecular weight excluding hydrogens is 226 g/mol. The van der Waals surface area contributed by atoms with E-state index in [-0.39, 0.29) is 5.91 Å². The van der Waals surface area contributed by atoms with Crippen molar-refractivity contribution in [2.24, 2.45) is 0 Å². The van der Waals surface area contributed by atoms with Gasteiger partial charge in [0.05, 0.1) is 0 Å². The van der Waals surface area contributed by atoms with Crippen LogP contribution in [0.1, 0.15) is 31.2 Å². The van der Waals surface area contributed by atoms with E-state index in [9.17, 15) is 4.79 Å². The summed E-state index contributed by atoms with van der Waals surface area (Å²) >= 11 is 0. The Balaban J connectivity index is 1.88. The molecule has 0 unspecified atom stereocenters. The van der Waals surface area contributed by atoms with Crippen LogP contribution in [0.2, 0.25) is 0 Å². The van der Waals surface area contributed by atoms with E-state index in [2.05, 4.69) is 11.4 Å². The van der Waals surface area contributed by atoms with Crippen molar-refractivity contribution in [3.8, 4) is 0 Å². The summed E-state index contributed by atoms with van der Waals surface area (Å²) in [4.78, 5) is 14.2. The summed E-state index contributed by atoms with van der Waals surface area (Å²) in [6, 6.07) is 2.06. The van der Waals surface area contributed by atoms with Gasteiger partial charge in [0.25, 0.3) is 0 Å². The molecule has 1 N–H and O–H groups in total. The molecule has 1 saturated heterocycles. The molecule has 2 heterocycles. The van der Waals surface area contributed by atoms with Gasteiger partial charge in [0.2, 0.25) is 5.91 Å². The highest BCUT2D eigenvalue weighted by molar-refractivity contribution is 5.76. The van der Waals surface area contributed by atoms with Gasteiger partial charge in [0.1, 0.15) is 6.54 Å². The van der Waals surface area contributed by atoms with Crippen LogP contribution in [0.25, 0.3) is 0 Å². The van der Waals surface area contributed by atoms with Gasteiger partial charge in [-0.05, 0) is 31.5 Å². The number of nitrogens with zero attached hydrogens (tertiary/aromatic N) is 2. The number of hydrogen-bond donors (Lipinski definition) is 1. The smallest absolute Gasteiger partial charge is 0.242 e. The highest BCUT2D eigenvalue weighted by Crippen LogP contribution is 2.10. The lowest BCUT2D eigenvalue weighted by Gasteiger charge is -2.20. The molecule has 0 radical (unpaired) electrons. The van der Waals surface area contributed by atoms with Gasteiger partial charge in [-0.15, -0.1) is 0 Å². The normalized spacial score (nSPS) is 16.6. The lowest BCUT2D eigenvalue weighted by Crippen LogP contribution is -2.34. The second kappa shape index (κ2) is 6.59. The van der Waals surface area contributed by atoms with E-state index in [4.69, 9.17) is 0 Å². The molecule has 1 fully saturated rings. The zero-order valence-corrected chi connectivity index (χ0v) is 11.2. The number of rotatable bonds is 4. The first kappa shape index (κ1) is 13.1. The van der Waals surface area contributed by atoms with Crippen molar-refractivity contribution in [2.75, 3.05) is 20.1 Å². The summed E-state index contributed by atoms with van der Waals surface area (Å²) < 4.78 is 1.99. The number of aromatic nitrogens is 1. The Bertz CT molecular complexity index is 378. The average Bonchev–Trinajstić information content (AvgIpc) is 2.65. The Hall–Kier alpha value is -1.29. The minimum absolute atomic E-state index is 0.253. The molecule has 1 aliphatic rings. The largest absolute Gasteiger partial charge is 0.345 e. The first-order chi connectivity index (χ1) is 8.79. The molecule has 18 heavy (non-hydrogen) atoms. The predicted octanol–water partition coefficient (Wildman–Crippen LogP) is 1.61. The third-order valence-electron chi connectivity index (χ3n) is 3.47. The molecule has 0 spiro atoms. The molecule has 100 valence electrons. The second-order valence-electron chi connectivity index (χ2n) is 5.02. The van der Waals surface area contributed by atoms with E-state index in [1.54, 1.807) is 0 Å². The molecule has 0 saturated carbocycles. The Morgan fingerprint density at radius 1 is 1.28 bits per heavy atom. The second-order valence-corrected chi connectivity index (χ2v) is 5.02. The Morgan fingerprint density at radius 2 is 2.00 bits per heavy atom. The highest BCUT2D eigenvalue weighted by atomic mass is 16.2. The zero-order chi connectivity index (χ0) is 12.8. The molecular formula is C14H23N3O. The van der Waals surface area contributed by atoms with Crippen LogP contribution in [0.3, 0.4) is 0 Å².